The average molecular weight is 574 g/mol. The van der Waals surface area contributed by atoms with Gasteiger partial charge in [0, 0.05) is 28.6 Å². The van der Waals surface area contributed by atoms with E-state index in [1.165, 1.54) is 49.0 Å². The fourth-order valence-electron chi connectivity index (χ4n) is 6.94. The van der Waals surface area contributed by atoms with E-state index in [9.17, 15) is 0 Å². The van der Waals surface area contributed by atoms with Crippen molar-refractivity contribution in [2.24, 2.45) is 0 Å². The summed E-state index contributed by atoms with van der Waals surface area (Å²) >= 11 is 0. The number of pyridine rings is 1. The standard InChI is InChI=1S/C43H27NO/c1-3-13-32-28(10-1)12-9-19-33(32)29-20-22-31(23-21-29)45-43-38-18-8-7-17-37(38)42(41-27-44-25-24-39(41)43)40-26-30-11-2-4-14-34(30)35-15-5-6-16-36(35)40/h1-27H. The van der Waals surface area contributed by atoms with Crippen molar-refractivity contribution in [2.75, 3.05) is 0 Å². The Morgan fingerprint density at radius 3 is 1.84 bits per heavy atom. The largest absolute Gasteiger partial charge is 0.456 e. The molecule has 0 saturated carbocycles. The molecule has 0 spiro atoms. The Labute approximate surface area is 260 Å². The highest BCUT2D eigenvalue weighted by Gasteiger charge is 2.19. The van der Waals surface area contributed by atoms with E-state index in [1.807, 2.05) is 12.4 Å². The maximum Gasteiger partial charge on any atom is 0.143 e. The number of hydrogen-bond donors (Lipinski definition) is 0. The Kier molecular flexibility index (Phi) is 5.85. The van der Waals surface area contributed by atoms with Crippen LogP contribution >= 0.6 is 0 Å². The van der Waals surface area contributed by atoms with Crippen molar-refractivity contribution in [3.8, 4) is 33.8 Å². The first-order valence-corrected chi connectivity index (χ1v) is 15.3. The van der Waals surface area contributed by atoms with E-state index in [4.69, 9.17) is 4.74 Å². The first-order chi connectivity index (χ1) is 22.3. The van der Waals surface area contributed by atoms with E-state index in [1.54, 1.807) is 0 Å². The topological polar surface area (TPSA) is 22.1 Å². The lowest BCUT2D eigenvalue weighted by Crippen LogP contribution is -1.94. The van der Waals surface area contributed by atoms with Crippen molar-refractivity contribution < 1.29 is 4.74 Å². The first-order valence-electron chi connectivity index (χ1n) is 15.3. The van der Waals surface area contributed by atoms with E-state index >= 15 is 0 Å². The second-order valence-electron chi connectivity index (χ2n) is 11.5. The molecular weight excluding hydrogens is 546 g/mol. The van der Waals surface area contributed by atoms with Crippen molar-refractivity contribution in [1.29, 1.82) is 0 Å². The van der Waals surface area contributed by atoms with Crippen LogP contribution in [0.25, 0.3) is 76.1 Å². The fraction of sp³-hybridized carbons (Fsp3) is 0. The van der Waals surface area contributed by atoms with Gasteiger partial charge in [-0.25, -0.2) is 0 Å². The van der Waals surface area contributed by atoms with Crippen LogP contribution in [0.4, 0.5) is 0 Å². The summed E-state index contributed by atoms with van der Waals surface area (Å²) in [6.07, 6.45) is 3.84. The van der Waals surface area contributed by atoms with Crippen LogP contribution in [0.15, 0.2) is 164 Å². The normalized spacial score (nSPS) is 11.6. The SMILES string of the molecule is c1ccc2c(-c3ccc(Oc4c5ccccc5c(-c5cc6ccccc6c6ccccc56)c5cnccc45)cc3)cccc2c1. The van der Waals surface area contributed by atoms with Crippen LogP contribution in [0.1, 0.15) is 0 Å². The molecule has 0 radical (unpaired) electrons. The van der Waals surface area contributed by atoms with Gasteiger partial charge in [-0.2, -0.15) is 0 Å². The van der Waals surface area contributed by atoms with Gasteiger partial charge in [-0.3, -0.25) is 4.98 Å². The molecule has 2 heteroatoms. The quantitative estimate of drug-likeness (QED) is 0.154. The molecule has 0 amide bonds. The highest BCUT2D eigenvalue weighted by Crippen LogP contribution is 2.47. The predicted octanol–water partition coefficient (Wildman–Crippen LogP) is 12.0. The lowest BCUT2D eigenvalue weighted by molar-refractivity contribution is 0.494. The number of rotatable bonds is 4. The maximum atomic E-state index is 6.80. The van der Waals surface area contributed by atoms with E-state index in [2.05, 4.69) is 157 Å². The molecule has 0 fully saturated rings. The smallest absolute Gasteiger partial charge is 0.143 e. The van der Waals surface area contributed by atoms with Gasteiger partial charge in [-0.15, -0.1) is 0 Å². The Balaban J connectivity index is 1.24. The number of benzene rings is 8. The molecule has 0 aliphatic heterocycles. The summed E-state index contributed by atoms with van der Waals surface area (Å²) in [5.74, 6) is 1.64. The number of nitrogens with zero attached hydrogens (tertiary/aromatic N) is 1. The average Bonchev–Trinajstić information content (AvgIpc) is 3.11. The van der Waals surface area contributed by atoms with Gasteiger partial charge < -0.3 is 4.74 Å². The highest BCUT2D eigenvalue weighted by atomic mass is 16.5. The molecule has 1 heterocycles. The lowest BCUT2D eigenvalue weighted by Gasteiger charge is -2.19. The monoisotopic (exact) mass is 573 g/mol. The molecule has 9 rings (SSSR count). The molecule has 8 aromatic carbocycles. The summed E-state index contributed by atoms with van der Waals surface area (Å²) in [7, 11) is 0. The van der Waals surface area contributed by atoms with E-state index in [-0.39, 0.29) is 0 Å². The molecule has 9 aromatic rings. The minimum atomic E-state index is 0.797. The third-order valence-corrected chi connectivity index (χ3v) is 8.99. The first kappa shape index (κ1) is 25.5. The summed E-state index contributed by atoms with van der Waals surface area (Å²) < 4.78 is 6.80. The number of hydrogen-bond acceptors (Lipinski definition) is 2. The Morgan fingerprint density at radius 1 is 0.400 bits per heavy atom. The second-order valence-corrected chi connectivity index (χ2v) is 11.5. The van der Waals surface area contributed by atoms with Crippen LogP contribution < -0.4 is 4.74 Å². The number of fused-ring (bicyclic) bond motifs is 6. The molecule has 1 aromatic heterocycles. The molecule has 0 atom stereocenters. The van der Waals surface area contributed by atoms with Crippen LogP contribution in [0.3, 0.4) is 0 Å². The number of aromatic nitrogens is 1. The van der Waals surface area contributed by atoms with Crippen LogP contribution in [0.2, 0.25) is 0 Å². The molecule has 0 aliphatic rings. The molecule has 0 saturated heterocycles. The van der Waals surface area contributed by atoms with Gasteiger partial charge in [0.25, 0.3) is 0 Å². The zero-order chi connectivity index (χ0) is 29.7. The second kappa shape index (κ2) is 10.3. The van der Waals surface area contributed by atoms with Gasteiger partial charge in [0.05, 0.1) is 0 Å². The minimum Gasteiger partial charge on any atom is -0.456 e. The van der Waals surface area contributed by atoms with Crippen molar-refractivity contribution >= 4 is 53.9 Å². The molecule has 2 nitrogen and oxygen atoms in total. The van der Waals surface area contributed by atoms with Crippen molar-refractivity contribution in [3.63, 3.8) is 0 Å². The van der Waals surface area contributed by atoms with E-state index in [0.29, 0.717) is 0 Å². The molecular formula is C43H27NO. The van der Waals surface area contributed by atoms with Crippen LogP contribution in [0.5, 0.6) is 11.5 Å². The predicted molar refractivity (Wildman–Crippen MR) is 189 cm³/mol. The zero-order valence-corrected chi connectivity index (χ0v) is 24.4. The van der Waals surface area contributed by atoms with Crippen molar-refractivity contribution in [3.05, 3.63) is 164 Å². The van der Waals surface area contributed by atoms with E-state index < -0.39 is 0 Å². The summed E-state index contributed by atoms with van der Waals surface area (Å²) in [5, 5.41) is 11.8. The van der Waals surface area contributed by atoms with Gasteiger partial charge in [0.2, 0.25) is 0 Å². The molecule has 0 bridgehead atoms. The van der Waals surface area contributed by atoms with Gasteiger partial charge in [-0.1, -0.05) is 127 Å². The van der Waals surface area contributed by atoms with Crippen LogP contribution in [-0.2, 0) is 0 Å². The van der Waals surface area contributed by atoms with Crippen molar-refractivity contribution in [1.82, 2.24) is 4.98 Å². The molecule has 210 valence electrons. The Hall–Kier alpha value is -5.99. The number of ether oxygens (including phenoxy) is 1. The third-order valence-electron chi connectivity index (χ3n) is 8.99. The molecule has 0 N–H and O–H groups in total. The highest BCUT2D eigenvalue weighted by molar-refractivity contribution is 6.23. The van der Waals surface area contributed by atoms with Gasteiger partial charge in [0.15, 0.2) is 0 Å². The van der Waals surface area contributed by atoms with Gasteiger partial charge in [0.1, 0.15) is 11.5 Å². The third kappa shape index (κ3) is 4.15. The van der Waals surface area contributed by atoms with Gasteiger partial charge >= 0.3 is 0 Å². The lowest BCUT2D eigenvalue weighted by atomic mass is 9.87. The van der Waals surface area contributed by atoms with Crippen LogP contribution in [-0.4, -0.2) is 4.98 Å². The van der Waals surface area contributed by atoms with Crippen molar-refractivity contribution in [2.45, 2.75) is 0 Å². The minimum absolute atomic E-state index is 0.797. The summed E-state index contributed by atoms with van der Waals surface area (Å²) in [6.45, 7) is 0. The van der Waals surface area contributed by atoms with E-state index in [0.717, 1.165) is 38.6 Å². The molecule has 45 heavy (non-hydrogen) atoms. The fourth-order valence-corrected chi connectivity index (χ4v) is 6.94. The molecule has 0 aliphatic carbocycles. The van der Waals surface area contributed by atoms with Gasteiger partial charge in [-0.05, 0) is 84.2 Å². The Bertz CT molecular complexity index is 2500. The summed E-state index contributed by atoms with van der Waals surface area (Å²) in [4.78, 5) is 4.61. The molecule has 0 unspecified atom stereocenters. The zero-order valence-electron chi connectivity index (χ0n) is 24.4. The Morgan fingerprint density at radius 2 is 1.02 bits per heavy atom. The summed E-state index contributed by atoms with van der Waals surface area (Å²) in [6, 6.07) is 53.8. The summed E-state index contributed by atoms with van der Waals surface area (Å²) in [5.41, 5.74) is 4.75. The maximum absolute atomic E-state index is 6.80. The van der Waals surface area contributed by atoms with Crippen LogP contribution in [0, 0.1) is 0 Å².